The lowest BCUT2D eigenvalue weighted by Crippen LogP contribution is -2.33. The number of ether oxygens (including phenoxy) is 2. The molecule has 3 aromatic rings. The van der Waals surface area contributed by atoms with Crippen LogP contribution in [0.4, 0.5) is 0 Å². The van der Waals surface area contributed by atoms with Gasteiger partial charge in [-0.2, -0.15) is 0 Å². The molecule has 0 radical (unpaired) electrons. The van der Waals surface area contributed by atoms with E-state index >= 15 is 0 Å². The number of aryl methyl sites for hydroxylation is 1. The Labute approximate surface area is 156 Å². The third-order valence-electron chi connectivity index (χ3n) is 4.28. The fraction of sp³-hybridized carbons (Fsp3) is 0.250. The first kappa shape index (κ1) is 18.4. The molecular weight excluding hydrogens is 346 g/mol. The van der Waals surface area contributed by atoms with Gasteiger partial charge in [-0.1, -0.05) is 30.3 Å². The van der Waals surface area contributed by atoms with Crippen molar-refractivity contribution in [2.45, 2.75) is 20.0 Å². The zero-order valence-electron chi connectivity index (χ0n) is 15.5. The monoisotopic (exact) mass is 367 g/mol. The molecule has 0 fully saturated rings. The minimum atomic E-state index is -0.298. The number of hydrogen-bond donors (Lipinski definition) is 1. The number of benzene rings is 2. The van der Waals surface area contributed by atoms with E-state index in [1.54, 1.807) is 19.1 Å². The molecule has 0 saturated heterocycles. The second kappa shape index (κ2) is 7.90. The number of nitrogens with one attached hydrogen (secondary N) is 1. The molecule has 140 valence electrons. The van der Waals surface area contributed by atoms with Crippen molar-refractivity contribution in [2.24, 2.45) is 0 Å². The highest BCUT2D eigenvalue weighted by atomic mass is 16.5. The van der Waals surface area contributed by atoms with Crippen LogP contribution in [0.3, 0.4) is 0 Å². The summed E-state index contributed by atoms with van der Waals surface area (Å²) in [6, 6.07) is 12.8. The molecule has 1 aromatic heterocycles. The van der Waals surface area contributed by atoms with Crippen LogP contribution in [0.25, 0.3) is 10.9 Å². The number of methoxy groups -OCH3 is 2. The van der Waals surface area contributed by atoms with Crippen LogP contribution >= 0.6 is 0 Å². The van der Waals surface area contributed by atoms with E-state index in [1.807, 2.05) is 30.3 Å². The SMILES string of the molecule is COc1cc2nc(C)n(CC(=O)NCc3ccccc3)c(=O)c2cc1OC. The third kappa shape index (κ3) is 3.92. The van der Waals surface area contributed by atoms with Gasteiger partial charge < -0.3 is 14.8 Å². The van der Waals surface area contributed by atoms with Crippen LogP contribution in [0, 0.1) is 6.92 Å². The van der Waals surface area contributed by atoms with Gasteiger partial charge in [0.2, 0.25) is 5.91 Å². The van der Waals surface area contributed by atoms with Crippen molar-refractivity contribution < 1.29 is 14.3 Å². The minimum Gasteiger partial charge on any atom is -0.493 e. The maximum atomic E-state index is 12.9. The summed E-state index contributed by atoms with van der Waals surface area (Å²) in [5, 5.41) is 3.19. The lowest BCUT2D eigenvalue weighted by Gasteiger charge is -2.13. The molecule has 1 N–H and O–H groups in total. The van der Waals surface area contributed by atoms with Gasteiger partial charge in [-0.05, 0) is 18.6 Å². The summed E-state index contributed by atoms with van der Waals surface area (Å²) in [6.45, 7) is 2.00. The standard InChI is InChI=1S/C20H21N3O4/c1-13-22-16-10-18(27-3)17(26-2)9-15(16)20(25)23(13)12-19(24)21-11-14-7-5-4-6-8-14/h4-10H,11-12H2,1-3H3,(H,21,24). The Hall–Kier alpha value is -3.35. The molecule has 7 nitrogen and oxygen atoms in total. The molecule has 0 bridgehead atoms. The van der Waals surface area contributed by atoms with E-state index in [9.17, 15) is 9.59 Å². The molecule has 1 heterocycles. The Morgan fingerprint density at radius 2 is 1.78 bits per heavy atom. The van der Waals surface area contributed by atoms with Crippen molar-refractivity contribution >= 4 is 16.8 Å². The largest absolute Gasteiger partial charge is 0.493 e. The van der Waals surface area contributed by atoms with E-state index in [4.69, 9.17) is 9.47 Å². The van der Waals surface area contributed by atoms with Gasteiger partial charge in [-0.15, -0.1) is 0 Å². The highest BCUT2D eigenvalue weighted by Crippen LogP contribution is 2.30. The van der Waals surface area contributed by atoms with Crippen LogP contribution in [-0.2, 0) is 17.9 Å². The Balaban J connectivity index is 1.87. The number of nitrogens with zero attached hydrogens (tertiary/aromatic N) is 2. The van der Waals surface area contributed by atoms with Gasteiger partial charge in [0.1, 0.15) is 12.4 Å². The summed E-state index contributed by atoms with van der Waals surface area (Å²) < 4.78 is 11.9. The number of carbonyl (C=O) groups is 1. The van der Waals surface area contributed by atoms with E-state index in [1.165, 1.54) is 18.8 Å². The van der Waals surface area contributed by atoms with Gasteiger partial charge in [-0.3, -0.25) is 14.2 Å². The molecule has 0 aliphatic carbocycles. The van der Waals surface area contributed by atoms with Crippen LogP contribution in [0.2, 0.25) is 0 Å². The lowest BCUT2D eigenvalue weighted by molar-refractivity contribution is -0.121. The molecule has 0 saturated carbocycles. The van der Waals surface area contributed by atoms with Crippen molar-refractivity contribution in [1.29, 1.82) is 0 Å². The zero-order valence-corrected chi connectivity index (χ0v) is 15.5. The van der Waals surface area contributed by atoms with Crippen LogP contribution in [-0.4, -0.2) is 29.7 Å². The van der Waals surface area contributed by atoms with Crippen molar-refractivity contribution in [2.75, 3.05) is 14.2 Å². The first-order valence-electron chi connectivity index (χ1n) is 8.47. The first-order valence-corrected chi connectivity index (χ1v) is 8.47. The fourth-order valence-electron chi connectivity index (χ4n) is 2.84. The van der Waals surface area contributed by atoms with Gasteiger partial charge >= 0.3 is 0 Å². The number of rotatable bonds is 6. The lowest BCUT2D eigenvalue weighted by atomic mass is 10.2. The van der Waals surface area contributed by atoms with E-state index in [2.05, 4.69) is 10.3 Å². The van der Waals surface area contributed by atoms with Gasteiger partial charge in [0, 0.05) is 12.6 Å². The minimum absolute atomic E-state index is 0.102. The Kier molecular flexibility index (Phi) is 5.40. The quantitative estimate of drug-likeness (QED) is 0.721. The molecule has 0 unspecified atom stereocenters. The molecule has 0 aliphatic rings. The molecule has 0 aliphatic heterocycles. The first-order chi connectivity index (χ1) is 13.0. The van der Waals surface area contributed by atoms with Crippen molar-refractivity contribution in [1.82, 2.24) is 14.9 Å². The predicted octanol–water partition coefficient (Wildman–Crippen LogP) is 2.04. The third-order valence-corrected chi connectivity index (χ3v) is 4.28. The van der Waals surface area contributed by atoms with Crippen LogP contribution in [0.5, 0.6) is 11.5 Å². The molecule has 1 amide bonds. The second-order valence-electron chi connectivity index (χ2n) is 6.04. The van der Waals surface area contributed by atoms with Crippen molar-refractivity contribution in [3.05, 3.63) is 64.2 Å². The molecule has 0 spiro atoms. The molecular formula is C20H21N3O4. The fourth-order valence-corrected chi connectivity index (χ4v) is 2.84. The molecule has 3 rings (SSSR count). The predicted molar refractivity (Wildman–Crippen MR) is 102 cm³/mol. The average Bonchev–Trinajstić information content (AvgIpc) is 2.69. The summed E-state index contributed by atoms with van der Waals surface area (Å²) in [6.07, 6.45) is 0. The summed E-state index contributed by atoms with van der Waals surface area (Å²) in [5.74, 6) is 1.13. The number of aromatic nitrogens is 2. The van der Waals surface area contributed by atoms with Gasteiger partial charge in [0.25, 0.3) is 5.56 Å². The Morgan fingerprint density at radius 1 is 1.11 bits per heavy atom. The molecule has 27 heavy (non-hydrogen) atoms. The number of amides is 1. The Bertz CT molecular complexity index is 1030. The van der Waals surface area contributed by atoms with Gasteiger partial charge in [0.05, 0.1) is 25.1 Å². The smallest absolute Gasteiger partial charge is 0.262 e. The van der Waals surface area contributed by atoms with E-state index in [0.29, 0.717) is 34.8 Å². The normalized spacial score (nSPS) is 10.6. The average molecular weight is 367 g/mol. The maximum Gasteiger partial charge on any atom is 0.262 e. The van der Waals surface area contributed by atoms with Gasteiger partial charge in [0.15, 0.2) is 11.5 Å². The number of fused-ring (bicyclic) bond motifs is 1. The van der Waals surface area contributed by atoms with Crippen LogP contribution < -0.4 is 20.3 Å². The topological polar surface area (TPSA) is 82.5 Å². The maximum absolute atomic E-state index is 12.9. The molecule has 0 atom stereocenters. The van der Waals surface area contributed by atoms with Crippen LogP contribution in [0.1, 0.15) is 11.4 Å². The summed E-state index contributed by atoms with van der Waals surface area (Å²) >= 11 is 0. The Morgan fingerprint density at radius 3 is 2.44 bits per heavy atom. The van der Waals surface area contributed by atoms with Crippen molar-refractivity contribution in [3.63, 3.8) is 0 Å². The highest BCUT2D eigenvalue weighted by Gasteiger charge is 2.15. The van der Waals surface area contributed by atoms with Crippen molar-refractivity contribution in [3.8, 4) is 11.5 Å². The molecule has 2 aromatic carbocycles. The molecule has 7 heteroatoms. The van der Waals surface area contributed by atoms with Crippen LogP contribution in [0.15, 0.2) is 47.3 Å². The second-order valence-corrected chi connectivity index (χ2v) is 6.04. The number of carbonyl (C=O) groups excluding carboxylic acids is 1. The number of hydrogen-bond acceptors (Lipinski definition) is 5. The zero-order chi connectivity index (χ0) is 19.4. The van der Waals surface area contributed by atoms with E-state index in [-0.39, 0.29) is 18.0 Å². The highest BCUT2D eigenvalue weighted by molar-refractivity contribution is 5.82. The summed E-state index contributed by atoms with van der Waals surface area (Å²) in [7, 11) is 3.02. The van der Waals surface area contributed by atoms with E-state index < -0.39 is 0 Å². The summed E-state index contributed by atoms with van der Waals surface area (Å²) in [5.41, 5.74) is 1.19. The van der Waals surface area contributed by atoms with E-state index in [0.717, 1.165) is 5.56 Å². The van der Waals surface area contributed by atoms with Gasteiger partial charge in [-0.25, -0.2) is 4.98 Å². The summed E-state index contributed by atoms with van der Waals surface area (Å²) in [4.78, 5) is 29.6.